The van der Waals surface area contributed by atoms with Crippen LogP contribution in [-0.2, 0) is 16.6 Å². The van der Waals surface area contributed by atoms with E-state index in [2.05, 4.69) is 15.0 Å². The Bertz CT molecular complexity index is 746. The molecule has 1 aromatic heterocycles. The molecule has 0 saturated carbocycles. The Morgan fingerprint density at radius 2 is 2.05 bits per heavy atom. The van der Waals surface area contributed by atoms with Crippen molar-refractivity contribution in [3.05, 3.63) is 59.9 Å². The van der Waals surface area contributed by atoms with Crippen molar-refractivity contribution in [3.63, 3.8) is 0 Å². The van der Waals surface area contributed by atoms with Gasteiger partial charge in [-0.2, -0.15) is 0 Å². The summed E-state index contributed by atoms with van der Waals surface area (Å²) in [6.07, 6.45) is 3.33. The number of hydrogen-bond donors (Lipinski definition) is 2. The van der Waals surface area contributed by atoms with Crippen molar-refractivity contribution in [2.45, 2.75) is 13.5 Å². The molecule has 0 radical (unpaired) electrons. The van der Waals surface area contributed by atoms with E-state index >= 15 is 0 Å². The molecule has 0 aliphatic heterocycles. The summed E-state index contributed by atoms with van der Waals surface area (Å²) in [5.74, 6) is -0.300. The quantitative estimate of drug-likeness (QED) is 0.849. The second-order valence-corrected chi connectivity index (χ2v) is 6.64. The first-order valence-electron chi connectivity index (χ1n) is 6.78. The van der Waals surface area contributed by atoms with Gasteiger partial charge in [-0.15, -0.1) is 0 Å². The Kier molecular flexibility index (Phi) is 5.11. The van der Waals surface area contributed by atoms with Gasteiger partial charge in [-0.1, -0.05) is 12.1 Å². The fraction of sp³-hybridized carbons (Fsp3) is 0.200. The van der Waals surface area contributed by atoms with Gasteiger partial charge in [0.25, 0.3) is 5.91 Å². The van der Waals surface area contributed by atoms with Crippen molar-refractivity contribution in [2.24, 2.45) is 0 Å². The SMILES string of the molecule is CCS(=O)(=O)Nc1cccc(C(=O)NCc2cccnc2)c1. The average molecular weight is 319 g/mol. The molecule has 0 unspecified atom stereocenters. The summed E-state index contributed by atoms with van der Waals surface area (Å²) >= 11 is 0. The van der Waals surface area contributed by atoms with Gasteiger partial charge in [-0.25, -0.2) is 8.42 Å². The minimum Gasteiger partial charge on any atom is -0.348 e. The van der Waals surface area contributed by atoms with Crippen LogP contribution in [0.1, 0.15) is 22.8 Å². The third kappa shape index (κ3) is 4.56. The van der Waals surface area contributed by atoms with Crippen LogP contribution in [-0.4, -0.2) is 25.1 Å². The van der Waals surface area contributed by atoms with E-state index in [-0.39, 0.29) is 11.7 Å². The van der Waals surface area contributed by atoms with Crippen molar-refractivity contribution in [1.29, 1.82) is 0 Å². The van der Waals surface area contributed by atoms with E-state index < -0.39 is 10.0 Å². The fourth-order valence-electron chi connectivity index (χ4n) is 1.76. The van der Waals surface area contributed by atoms with E-state index in [4.69, 9.17) is 0 Å². The molecule has 6 nitrogen and oxygen atoms in total. The van der Waals surface area contributed by atoms with Crippen LogP contribution in [0, 0.1) is 0 Å². The summed E-state index contributed by atoms with van der Waals surface area (Å²) in [7, 11) is -3.36. The van der Waals surface area contributed by atoms with Crippen LogP contribution in [0.4, 0.5) is 5.69 Å². The smallest absolute Gasteiger partial charge is 0.251 e. The lowest BCUT2D eigenvalue weighted by Crippen LogP contribution is -2.23. The Hall–Kier alpha value is -2.41. The maximum absolute atomic E-state index is 12.1. The molecule has 0 aliphatic rings. The number of aromatic nitrogens is 1. The average Bonchev–Trinajstić information content (AvgIpc) is 2.53. The predicted octanol–water partition coefficient (Wildman–Crippen LogP) is 1.77. The third-order valence-electron chi connectivity index (χ3n) is 2.95. The Labute approximate surface area is 129 Å². The molecule has 2 aromatic rings. The molecule has 0 fully saturated rings. The lowest BCUT2D eigenvalue weighted by Gasteiger charge is -2.09. The van der Waals surface area contributed by atoms with Gasteiger partial charge in [0.1, 0.15) is 0 Å². The monoisotopic (exact) mass is 319 g/mol. The van der Waals surface area contributed by atoms with Crippen LogP contribution >= 0.6 is 0 Å². The van der Waals surface area contributed by atoms with E-state index in [9.17, 15) is 13.2 Å². The number of rotatable bonds is 6. The van der Waals surface area contributed by atoms with Crippen LogP contribution in [0.3, 0.4) is 0 Å². The van der Waals surface area contributed by atoms with Gasteiger partial charge < -0.3 is 5.32 Å². The van der Waals surface area contributed by atoms with Gasteiger partial charge >= 0.3 is 0 Å². The number of nitrogens with one attached hydrogen (secondary N) is 2. The highest BCUT2D eigenvalue weighted by Gasteiger charge is 2.10. The molecule has 22 heavy (non-hydrogen) atoms. The number of benzene rings is 1. The van der Waals surface area contributed by atoms with Gasteiger partial charge in [0, 0.05) is 30.2 Å². The summed E-state index contributed by atoms with van der Waals surface area (Å²) in [6, 6.07) is 10.0. The molecule has 2 rings (SSSR count). The molecule has 0 aliphatic carbocycles. The van der Waals surface area contributed by atoms with E-state index in [1.165, 1.54) is 6.07 Å². The molecule has 0 saturated heterocycles. The van der Waals surface area contributed by atoms with E-state index in [1.54, 1.807) is 43.6 Å². The van der Waals surface area contributed by atoms with Crippen LogP contribution in [0.25, 0.3) is 0 Å². The minimum absolute atomic E-state index is 0.0234. The molecule has 0 bridgehead atoms. The molecule has 7 heteroatoms. The normalized spacial score (nSPS) is 11.0. The van der Waals surface area contributed by atoms with Gasteiger partial charge in [0.05, 0.1) is 5.75 Å². The number of hydrogen-bond acceptors (Lipinski definition) is 4. The summed E-state index contributed by atoms with van der Waals surface area (Å²) in [6.45, 7) is 1.91. The fourth-order valence-corrected chi connectivity index (χ4v) is 2.39. The van der Waals surface area contributed by atoms with Crippen LogP contribution < -0.4 is 10.0 Å². The molecular formula is C15H17N3O3S. The molecular weight excluding hydrogens is 302 g/mol. The van der Waals surface area contributed by atoms with Crippen LogP contribution in [0.5, 0.6) is 0 Å². The second kappa shape index (κ2) is 7.04. The highest BCUT2D eigenvalue weighted by atomic mass is 32.2. The number of pyridine rings is 1. The van der Waals surface area contributed by atoms with Crippen LogP contribution in [0.15, 0.2) is 48.8 Å². The van der Waals surface area contributed by atoms with Gasteiger partial charge in [-0.3, -0.25) is 14.5 Å². The highest BCUT2D eigenvalue weighted by molar-refractivity contribution is 7.92. The molecule has 116 valence electrons. The number of carbonyl (C=O) groups is 1. The van der Waals surface area contributed by atoms with Gasteiger partial charge in [0.2, 0.25) is 10.0 Å². The highest BCUT2D eigenvalue weighted by Crippen LogP contribution is 2.12. The van der Waals surface area contributed by atoms with Crippen molar-refractivity contribution < 1.29 is 13.2 Å². The zero-order valence-corrected chi connectivity index (χ0v) is 12.9. The number of nitrogens with zero attached hydrogens (tertiary/aromatic N) is 1. The topological polar surface area (TPSA) is 88.2 Å². The first-order valence-corrected chi connectivity index (χ1v) is 8.43. The first-order chi connectivity index (χ1) is 10.5. The standard InChI is InChI=1S/C15H17N3O3S/c1-2-22(20,21)18-14-7-3-6-13(9-14)15(19)17-11-12-5-4-8-16-10-12/h3-10,18H,2,11H2,1H3,(H,17,19). The summed E-state index contributed by atoms with van der Waals surface area (Å²) in [5, 5.41) is 2.76. The second-order valence-electron chi connectivity index (χ2n) is 4.63. The summed E-state index contributed by atoms with van der Waals surface area (Å²) in [4.78, 5) is 16.1. The predicted molar refractivity (Wildman–Crippen MR) is 84.9 cm³/mol. The first kappa shape index (κ1) is 16.0. The lowest BCUT2D eigenvalue weighted by atomic mass is 10.2. The summed E-state index contributed by atoms with van der Waals surface area (Å²) in [5.41, 5.74) is 1.65. The lowest BCUT2D eigenvalue weighted by molar-refractivity contribution is 0.0951. The van der Waals surface area contributed by atoms with Gasteiger partial charge in [0.15, 0.2) is 0 Å². The Balaban J connectivity index is 2.04. The summed E-state index contributed by atoms with van der Waals surface area (Å²) < 4.78 is 25.5. The number of carbonyl (C=O) groups excluding carboxylic acids is 1. The van der Waals surface area contributed by atoms with Crippen LogP contribution in [0.2, 0.25) is 0 Å². The van der Waals surface area contributed by atoms with Crippen molar-refractivity contribution >= 4 is 21.6 Å². The minimum atomic E-state index is -3.36. The Morgan fingerprint density at radius 1 is 1.23 bits per heavy atom. The Morgan fingerprint density at radius 3 is 2.73 bits per heavy atom. The van der Waals surface area contributed by atoms with Crippen molar-refractivity contribution in [1.82, 2.24) is 10.3 Å². The molecule has 2 N–H and O–H groups in total. The van der Waals surface area contributed by atoms with Crippen molar-refractivity contribution in [2.75, 3.05) is 10.5 Å². The van der Waals surface area contributed by atoms with Gasteiger partial charge in [-0.05, 0) is 36.8 Å². The van der Waals surface area contributed by atoms with E-state index in [0.29, 0.717) is 17.8 Å². The number of sulfonamides is 1. The molecule has 0 atom stereocenters. The van der Waals surface area contributed by atoms with E-state index in [1.807, 2.05) is 6.07 Å². The van der Waals surface area contributed by atoms with E-state index in [0.717, 1.165) is 5.56 Å². The molecule has 1 amide bonds. The largest absolute Gasteiger partial charge is 0.348 e. The van der Waals surface area contributed by atoms with Crippen molar-refractivity contribution in [3.8, 4) is 0 Å². The number of anilines is 1. The maximum atomic E-state index is 12.1. The molecule has 1 heterocycles. The molecule has 1 aromatic carbocycles. The maximum Gasteiger partial charge on any atom is 0.251 e. The molecule has 0 spiro atoms. The number of amides is 1. The zero-order chi connectivity index (χ0) is 16.0. The third-order valence-corrected chi connectivity index (χ3v) is 4.26. The zero-order valence-electron chi connectivity index (χ0n) is 12.1.